The highest BCUT2D eigenvalue weighted by Gasteiger charge is 2.51. The van der Waals surface area contributed by atoms with E-state index >= 15 is 0 Å². The molecule has 1 fully saturated rings. The highest BCUT2D eigenvalue weighted by molar-refractivity contribution is 5.97. The Bertz CT molecular complexity index is 1190. The number of allylic oxidation sites excluding steroid dienone is 1. The summed E-state index contributed by atoms with van der Waals surface area (Å²) in [7, 11) is 0. The first kappa shape index (κ1) is 26.7. The van der Waals surface area contributed by atoms with Gasteiger partial charge in [-0.15, -0.1) is 0 Å². The highest BCUT2D eigenvalue weighted by Crippen LogP contribution is 2.36. The first-order valence-electron chi connectivity index (χ1n) is 11.2. The minimum absolute atomic E-state index is 0.241. The summed E-state index contributed by atoms with van der Waals surface area (Å²) in [5.41, 5.74) is 1.63. The van der Waals surface area contributed by atoms with Crippen molar-refractivity contribution < 1.29 is 38.1 Å². The van der Waals surface area contributed by atoms with E-state index in [4.69, 9.17) is 18.9 Å². The Labute approximate surface area is 207 Å². The third-order valence-electron chi connectivity index (χ3n) is 5.27. The van der Waals surface area contributed by atoms with E-state index in [0.29, 0.717) is 17.0 Å². The van der Waals surface area contributed by atoms with Gasteiger partial charge in [-0.1, -0.05) is 11.6 Å². The van der Waals surface area contributed by atoms with E-state index in [1.807, 2.05) is 19.9 Å². The Morgan fingerprint density at radius 3 is 2.22 bits per heavy atom. The summed E-state index contributed by atoms with van der Waals surface area (Å²) in [6, 6.07) is 0. The average Bonchev–Trinajstić information content (AvgIpc) is 3.33. The van der Waals surface area contributed by atoms with Gasteiger partial charge in [-0.3, -0.25) is 28.6 Å². The lowest BCUT2D eigenvalue weighted by Crippen LogP contribution is -2.40. The van der Waals surface area contributed by atoms with Gasteiger partial charge in [0.05, 0.1) is 6.33 Å². The average molecular weight is 504 g/mol. The van der Waals surface area contributed by atoms with E-state index in [-0.39, 0.29) is 19.1 Å². The molecule has 3 heterocycles. The smallest absolute Gasteiger partial charge is 0.303 e. The molecule has 36 heavy (non-hydrogen) atoms. The number of esters is 3. The van der Waals surface area contributed by atoms with Crippen molar-refractivity contribution >= 4 is 40.8 Å². The topological polar surface area (TPSA) is 152 Å². The second kappa shape index (κ2) is 11.2. The van der Waals surface area contributed by atoms with Crippen molar-refractivity contribution in [1.29, 1.82) is 0 Å². The van der Waals surface area contributed by atoms with Crippen LogP contribution in [0.5, 0.6) is 0 Å². The molecule has 0 unspecified atom stereocenters. The summed E-state index contributed by atoms with van der Waals surface area (Å²) in [4.78, 5) is 61.9. The number of ether oxygens (including phenoxy) is 4. The molecule has 0 spiro atoms. The largest absolute Gasteiger partial charge is 0.463 e. The van der Waals surface area contributed by atoms with Gasteiger partial charge in [0.15, 0.2) is 35.4 Å². The molecule has 0 saturated carbocycles. The Morgan fingerprint density at radius 2 is 1.64 bits per heavy atom. The van der Waals surface area contributed by atoms with Crippen molar-refractivity contribution in [2.75, 3.05) is 18.1 Å². The van der Waals surface area contributed by atoms with E-state index in [9.17, 15) is 19.2 Å². The molecule has 0 bridgehead atoms. The van der Waals surface area contributed by atoms with Crippen LogP contribution < -0.4 is 4.90 Å². The fourth-order valence-electron chi connectivity index (χ4n) is 3.78. The van der Waals surface area contributed by atoms with E-state index < -0.39 is 42.4 Å². The lowest BCUT2D eigenvalue weighted by atomic mass is 10.1. The second-order valence-electron chi connectivity index (χ2n) is 8.45. The summed E-state index contributed by atoms with van der Waals surface area (Å²) in [6.07, 6.45) is 0.435. The molecule has 1 aliphatic rings. The van der Waals surface area contributed by atoms with Gasteiger partial charge in [0, 0.05) is 34.2 Å². The quantitative estimate of drug-likeness (QED) is 0.292. The maximum absolute atomic E-state index is 12.4. The molecule has 0 N–H and O–H groups in total. The fraction of sp³-hybridized carbons (Fsp3) is 0.522. The number of fused-ring (bicyclic) bond motifs is 1. The molecule has 1 saturated heterocycles. The minimum Gasteiger partial charge on any atom is -0.463 e. The molecule has 1 amide bonds. The number of hydrogen-bond donors (Lipinski definition) is 0. The molecule has 194 valence electrons. The van der Waals surface area contributed by atoms with Gasteiger partial charge in [-0.25, -0.2) is 15.0 Å². The molecule has 0 radical (unpaired) electrons. The van der Waals surface area contributed by atoms with Crippen molar-refractivity contribution in [3.8, 4) is 0 Å². The van der Waals surface area contributed by atoms with Gasteiger partial charge in [0.25, 0.3) is 0 Å². The van der Waals surface area contributed by atoms with E-state index in [1.54, 1.807) is 0 Å². The molecule has 1 aliphatic heterocycles. The van der Waals surface area contributed by atoms with Crippen LogP contribution >= 0.6 is 0 Å². The van der Waals surface area contributed by atoms with Crippen LogP contribution in [0.4, 0.5) is 5.82 Å². The molecule has 4 atom stereocenters. The third-order valence-corrected chi connectivity index (χ3v) is 5.27. The van der Waals surface area contributed by atoms with Crippen LogP contribution in [0.25, 0.3) is 11.2 Å². The van der Waals surface area contributed by atoms with Gasteiger partial charge < -0.3 is 18.9 Å². The summed E-state index contributed by atoms with van der Waals surface area (Å²) in [5, 5.41) is 0. The number of nitrogens with zero attached hydrogens (tertiary/aromatic N) is 5. The molecular weight excluding hydrogens is 474 g/mol. The van der Waals surface area contributed by atoms with Gasteiger partial charge in [-0.2, -0.15) is 0 Å². The van der Waals surface area contributed by atoms with Crippen molar-refractivity contribution in [2.45, 2.75) is 66.1 Å². The fourth-order valence-corrected chi connectivity index (χ4v) is 3.78. The van der Waals surface area contributed by atoms with Crippen LogP contribution in [0.3, 0.4) is 0 Å². The van der Waals surface area contributed by atoms with Crippen molar-refractivity contribution in [3.63, 3.8) is 0 Å². The number of anilines is 1. The first-order valence-corrected chi connectivity index (χ1v) is 11.2. The lowest BCUT2D eigenvalue weighted by Gasteiger charge is -2.24. The second-order valence-corrected chi connectivity index (χ2v) is 8.45. The maximum Gasteiger partial charge on any atom is 0.303 e. The van der Waals surface area contributed by atoms with Gasteiger partial charge in [0.1, 0.15) is 19.0 Å². The third kappa shape index (κ3) is 6.03. The summed E-state index contributed by atoms with van der Waals surface area (Å²) in [6.45, 7) is 8.94. The van der Waals surface area contributed by atoms with Crippen LogP contribution in [0.2, 0.25) is 0 Å². The van der Waals surface area contributed by atoms with Crippen LogP contribution in [0.1, 0.15) is 47.8 Å². The maximum atomic E-state index is 12.4. The van der Waals surface area contributed by atoms with Gasteiger partial charge in [-0.05, 0) is 13.8 Å². The van der Waals surface area contributed by atoms with Crippen LogP contribution in [-0.4, -0.2) is 74.8 Å². The molecular formula is C23H29N5O8. The Morgan fingerprint density at radius 1 is 0.972 bits per heavy atom. The van der Waals surface area contributed by atoms with Crippen LogP contribution in [0, 0.1) is 0 Å². The number of imidazole rings is 1. The molecule has 13 nitrogen and oxygen atoms in total. The molecule has 0 aliphatic carbocycles. The predicted molar refractivity (Wildman–Crippen MR) is 124 cm³/mol. The summed E-state index contributed by atoms with van der Waals surface area (Å²) >= 11 is 0. The molecule has 13 heteroatoms. The Kier molecular flexibility index (Phi) is 8.35. The van der Waals surface area contributed by atoms with Crippen molar-refractivity contribution in [2.24, 2.45) is 0 Å². The molecule has 2 aromatic heterocycles. The number of carbonyl (C=O) groups is 4. The van der Waals surface area contributed by atoms with Crippen LogP contribution in [-0.2, 0) is 38.1 Å². The van der Waals surface area contributed by atoms with Crippen LogP contribution in [0.15, 0.2) is 24.3 Å². The number of carbonyl (C=O) groups excluding carboxylic acids is 4. The van der Waals surface area contributed by atoms with Gasteiger partial charge >= 0.3 is 17.9 Å². The minimum atomic E-state index is -1.10. The number of hydrogen-bond acceptors (Lipinski definition) is 11. The van der Waals surface area contributed by atoms with Gasteiger partial charge in [0.2, 0.25) is 5.91 Å². The monoisotopic (exact) mass is 503 g/mol. The van der Waals surface area contributed by atoms with E-state index in [0.717, 1.165) is 5.57 Å². The summed E-state index contributed by atoms with van der Waals surface area (Å²) in [5.74, 6) is -1.78. The van der Waals surface area contributed by atoms with Crippen molar-refractivity contribution in [1.82, 2.24) is 19.5 Å². The zero-order valence-electron chi connectivity index (χ0n) is 21.0. The standard InChI is InChI=1S/C23H29N5O8/c1-12(2)7-8-27(13(3)29)21-18-22(25-10-24-21)28(11-26-18)23-20(35-16(6)32)19(34-15(5)31)17(36-23)9-33-14(4)30/h7,10-11,17,19-20,23H,8-9H2,1-6H3/t17-,19-,20-,23-/m1/s1. The molecule has 3 rings (SSSR count). The van der Waals surface area contributed by atoms with Crippen molar-refractivity contribution in [3.05, 3.63) is 24.3 Å². The Hall–Kier alpha value is -3.87. The molecule has 2 aromatic rings. The number of aromatic nitrogens is 4. The highest BCUT2D eigenvalue weighted by atomic mass is 16.7. The zero-order valence-corrected chi connectivity index (χ0v) is 21.0. The van der Waals surface area contributed by atoms with E-state index in [1.165, 1.54) is 49.8 Å². The van der Waals surface area contributed by atoms with E-state index in [2.05, 4.69) is 15.0 Å². The normalized spacial score (nSPS) is 21.1. The lowest BCUT2D eigenvalue weighted by molar-refractivity contribution is -0.166. The SMILES string of the molecule is CC(=O)OC[C@H]1O[C@@H](n2cnc3c(N(CC=C(C)C)C(C)=O)ncnc32)[C@H](OC(C)=O)[C@@H]1OC(C)=O. The Balaban J connectivity index is 2.06. The predicted octanol–water partition coefficient (Wildman–Crippen LogP) is 1.47. The summed E-state index contributed by atoms with van der Waals surface area (Å²) < 4.78 is 23.5. The zero-order chi connectivity index (χ0) is 26.6. The number of amides is 1. The molecule has 0 aromatic carbocycles. The number of rotatable bonds is 8. The first-order chi connectivity index (χ1) is 17.0.